The zero-order valence-electron chi connectivity index (χ0n) is 19.9. The second-order valence-electron chi connectivity index (χ2n) is 11.9. The minimum Gasteiger partial charge on any atom is -0.450 e. The largest absolute Gasteiger partial charge is 0.450 e. The lowest BCUT2D eigenvalue weighted by molar-refractivity contribution is -0.202. The van der Waals surface area contributed by atoms with Gasteiger partial charge >= 0.3 is 5.97 Å². The number of hydrogen-bond donors (Lipinski definition) is 1. The Morgan fingerprint density at radius 2 is 1.85 bits per heavy atom. The van der Waals surface area contributed by atoms with Crippen LogP contribution in [0.25, 0.3) is 0 Å². The highest BCUT2D eigenvalue weighted by Gasteiger charge is 2.70. The molecule has 0 aromatic carbocycles. The molecule has 1 N–H and O–H groups in total. The van der Waals surface area contributed by atoms with E-state index in [0.29, 0.717) is 19.3 Å². The lowest BCUT2D eigenvalue weighted by Crippen LogP contribution is -2.63. The molecule has 5 aliphatic carbocycles. The molecule has 0 radical (unpaired) electrons. The molecular weight excluding hydrogens is 440 g/mol. The number of esters is 1. The number of fused-ring (bicyclic) bond motifs is 5. The van der Waals surface area contributed by atoms with Crippen LogP contribution in [0.1, 0.15) is 84.5 Å². The molecule has 5 rings (SSSR count). The van der Waals surface area contributed by atoms with Gasteiger partial charge in [-0.2, -0.15) is 0 Å². The van der Waals surface area contributed by atoms with Crippen LogP contribution in [0.3, 0.4) is 0 Å². The normalized spacial score (nSPS) is 45.1. The van der Waals surface area contributed by atoms with Gasteiger partial charge in [-0.15, -0.1) is 11.6 Å². The molecule has 0 aliphatic heterocycles. The average Bonchev–Trinajstić information content (AvgIpc) is 3.41. The lowest BCUT2D eigenvalue weighted by atomic mass is 9.45. The summed E-state index contributed by atoms with van der Waals surface area (Å²) in [4.78, 5) is 38.7. The second kappa shape index (κ2) is 8.19. The quantitative estimate of drug-likeness (QED) is 0.467. The summed E-state index contributed by atoms with van der Waals surface area (Å²) in [5, 5.41) is 11.6. The molecular formula is C27H37ClO5. The first-order chi connectivity index (χ1) is 15.7. The highest BCUT2D eigenvalue weighted by molar-refractivity contribution is 6.29. The number of allylic oxidation sites excluding steroid dienone is 1. The Morgan fingerprint density at radius 3 is 2.55 bits per heavy atom. The number of halogens is 1. The van der Waals surface area contributed by atoms with Gasteiger partial charge in [-0.05, 0) is 80.6 Å². The minimum atomic E-state index is -1.25. The molecule has 0 saturated heterocycles. The lowest BCUT2D eigenvalue weighted by Gasteiger charge is -2.60. The topological polar surface area (TPSA) is 80.7 Å². The van der Waals surface area contributed by atoms with Gasteiger partial charge in [0.15, 0.2) is 17.2 Å². The van der Waals surface area contributed by atoms with Gasteiger partial charge in [0, 0.05) is 11.8 Å². The minimum absolute atomic E-state index is 0.0658. The Labute approximate surface area is 201 Å². The van der Waals surface area contributed by atoms with Crippen molar-refractivity contribution in [2.24, 2.45) is 34.5 Å². The van der Waals surface area contributed by atoms with Crippen molar-refractivity contribution in [1.29, 1.82) is 0 Å². The molecule has 0 aromatic heterocycles. The van der Waals surface area contributed by atoms with Crippen LogP contribution in [0, 0.1) is 34.5 Å². The van der Waals surface area contributed by atoms with Gasteiger partial charge < -0.3 is 9.84 Å². The van der Waals surface area contributed by atoms with E-state index >= 15 is 0 Å². The first-order valence-electron chi connectivity index (χ1n) is 12.9. The number of ketones is 2. The van der Waals surface area contributed by atoms with Crippen molar-refractivity contribution >= 4 is 29.1 Å². The number of alkyl halides is 1. The molecule has 6 heteroatoms. The zero-order chi connectivity index (χ0) is 23.6. The highest BCUT2D eigenvalue weighted by Crippen LogP contribution is 2.68. The fraction of sp³-hybridized carbons (Fsp3) is 0.815. The van der Waals surface area contributed by atoms with Crippen LogP contribution in [-0.4, -0.2) is 40.2 Å². The fourth-order valence-corrected chi connectivity index (χ4v) is 9.10. The maximum Gasteiger partial charge on any atom is 0.309 e. The zero-order valence-corrected chi connectivity index (χ0v) is 20.7. The van der Waals surface area contributed by atoms with Crippen molar-refractivity contribution in [3.63, 3.8) is 0 Å². The average molecular weight is 477 g/mol. The third-order valence-corrected chi connectivity index (χ3v) is 10.8. The third kappa shape index (κ3) is 3.31. The van der Waals surface area contributed by atoms with Gasteiger partial charge in [0.1, 0.15) is 0 Å². The Kier molecular flexibility index (Phi) is 5.84. The number of carbonyl (C=O) groups is 3. The van der Waals surface area contributed by atoms with Crippen LogP contribution in [-0.2, 0) is 19.1 Å². The first-order valence-corrected chi connectivity index (χ1v) is 13.4. The maximum absolute atomic E-state index is 13.4. The van der Waals surface area contributed by atoms with E-state index < -0.39 is 17.1 Å². The molecule has 33 heavy (non-hydrogen) atoms. The summed E-state index contributed by atoms with van der Waals surface area (Å²) in [5.41, 5.74) is -0.864. The van der Waals surface area contributed by atoms with Gasteiger partial charge in [0.05, 0.1) is 17.9 Å². The molecule has 5 nitrogen and oxygen atoms in total. The van der Waals surface area contributed by atoms with E-state index in [1.807, 2.05) is 6.08 Å². The third-order valence-electron chi connectivity index (χ3n) is 10.6. The van der Waals surface area contributed by atoms with E-state index in [0.717, 1.165) is 51.4 Å². The number of carbonyl (C=O) groups excluding carboxylic acids is 3. The van der Waals surface area contributed by atoms with E-state index in [4.69, 9.17) is 16.3 Å². The van der Waals surface area contributed by atoms with Crippen LogP contribution in [0.4, 0.5) is 0 Å². The summed E-state index contributed by atoms with van der Waals surface area (Å²) >= 11 is 6.12. The molecule has 4 saturated carbocycles. The van der Waals surface area contributed by atoms with Gasteiger partial charge in [-0.3, -0.25) is 14.4 Å². The summed E-state index contributed by atoms with van der Waals surface area (Å²) in [6.07, 6.45) is 9.72. The first kappa shape index (κ1) is 23.5. The Morgan fingerprint density at radius 1 is 1.12 bits per heavy atom. The summed E-state index contributed by atoms with van der Waals surface area (Å²) in [7, 11) is 0. The molecule has 0 amide bonds. The Balaban J connectivity index is 1.50. The molecule has 5 aliphatic rings. The maximum atomic E-state index is 13.4. The van der Waals surface area contributed by atoms with Gasteiger partial charge in [0.25, 0.3) is 0 Å². The number of aliphatic hydroxyl groups is 1. The highest BCUT2D eigenvalue weighted by atomic mass is 35.5. The van der Waals surface area contributed by atoms with E-state index in [-0.39, 0.29) is 52.5 Å². The van der Waals surface area contributed by atoms with Crippen LogP contribution in [0.5, 0.6) is 0 Å². The van der Waals surface area contributed by atoms with Crippen LogP contribution >= 0.6 is 11.6 Å². The van der Waals surface area contributed by atoms with Crippen LogP contribution in [0.2, 0.25) is 0 Å². The van der Waals surface area contributed by atoms with Gasteiger partial charge in [-0.1, -0.05) is 32.3 Å². The monoisotopic (exact) mass is 476 g/mol. The van der Waals surface area contributed by atoms with E-state index in [9.17, 15) is 19.5 Å². The molecule has 0 heterocycles. The molecule has 4 fully saturated rings. The predicted molar refractivity (Wildman–Crippen MR) is 125 cm³/mol. The van der Waals surface area contributed by atoms with Crippen molar-refractivity contribution in [2.75, 3.05) is 5.88 Å². The Bertz CT molecular complexity index is 891. The second-order valence-corrected chi connectivity index (χ2v) is 12.2. The predicted octanol–water partition coefficient (Wildman–Crippen LogP) is 4.77. The van der Waals surface area contributed by atoms with Crippen molar-refractivity contribution in [1.82, 2.24) is 0 Å². The smallest absolute Gasteiger partial charge is 0.309 e. The van der Waals surface area contributed by atoms with E-state index in [1.165, 1.54) is 5.57 Å². The number of rotatable bonds is 4. The van der Waals surface area contributed by atoms with Crippen molar-refractivity contribution < 1.29 is 24.2 Å². The Hall–Kier alpha value is -1.20. The summed E-state index contributed by atoms with van der Waals surface area (Å²) in [6.45, 7) is 4.29. The molecule has 0 bridgehead atoms. The number of hydrogen-bond acceptors (Lipinski definition) is 5. The van der Waals surface area contributed by atoms with Crippen LogP contribution in [0.15, 0.2) is 11.6 Å². The fourth-order valence-electron chi connectivity index (χ4n) is 8.88. The standard InChI is InChI=1S/C27H37ClO5/c1-25-11-9-18(29)13-17(25)7-8-19-20-10-12-27(22(31)15-28,26(20,2)14-21(30)23(19)25)33-24(32)16-5-3-4-6-16/h13,16,19-21,23,30H,3-12,14-15H2,1-2H3/t19-,20-,21-,23+,25-,26-,27-/m0/s1. The summed E-state index contributed by atoms with van der Waals surface area (Å²) in [6, 6.07) is 0. The number of aliphatic hydroxyl groups excluding tert-OH is 1. The molecule has 182 valence electrons. The van der Waals surface area contributed by atoms with E-state index in [2.05, 4.69) is 13.8 Å². The van der Waals surface area contributed by atoms with Crippen molar-refractivity contribution in [3.05, 3.63) is 11.6 Å². The summed E-state index contributed by atoms with van der Waals surface area (Å²) < 4.78 is 6.24. The van der Waals surface area contributed by atoms with Crippen molar-refractivity contribution in [2.45, 2.75) is 96.2 Å². The molecule has 0 unspecified atom stereocenters. The van der Waals surface area contributed by atoms with Gasteiger partial charge in [0.2, 0.25) is 0 Å². The summed E-state index contributed by atoms with van der Waals surface area (Å²) in [5.74, 6) is -0.0895. The molecule has 0 spiro atoms. The van der Waals surface area contributed by atoms with Crippen LogP contribution < -0.4 is 0 Å². The van der Waals surface area contributed by atoms with Crippen molar-refractivity contribution in [3.8, 4) is 0 Å². The SMILES string of the molecule is C[C@]12CCC(=O)C=C1CC[C@@H]1[C@@H]2[C@@H](O)C[C@@]2(C)[C@H]1CC[C@]2(OC(=O)C1CCCC1)C(=O)CCl. The number of Topliss-reactive ketones (excluding diaryl/α,β-unsaturated/α-hetero) is 1. The van der Waals surface area contributed by atoms with Gasteiger partial charge in [-0.25, -0.2) is 0 Å². The van der Waals surface area contributed by atoms with E-state index in [1.54, 1.807) is 0 Å². The molecule has 0 aromatic rings. The number of ether oxygens (including phenoxy) is 1. The molecule has 7 atom stereocenters.